The number of rotatable bonds is 7. The highest BCUT2D eigenvalue weighted by Crippen LogP contribution is 2.33. The van der Waals surface area contributed by atoms with Gasteiger partial charge in [0.05, 0.1) is 35.3 Å². The number of anilines is 1. The normalized spacial score (nSPS) is 13.2. The van der Waals surface area contributed by atoms with Crippen LogP contribution in [0.1, 0.15) is 5.56 Å². The molecule has 5 aromatic rings. The average Bonchev–Trinajstić information content (AvgIpc) is 3.21. The highest BCUT2D eigenvalue weighted by Gasteiger charge is 2.32. The first-order valence-electron chi connectivity index (χ1n) is 11.6. The molecule has 0 bridgehead atoms. The molecular formula is C28H23F3N2O3S. The molecular weight excluding hydrogens is 501 g/mol. The fourth-order valence-corrected chi connectivity index (χ4v) is 6.06. The van der Waals surface area contributed by atoms with Gasteiger partial charge >= 0.3 is 6.18 Å². The monoisotopic (exact) mass is 524 g/mol. The second kappa shape index (κ2) is 9.57. The van der Waals surface area contributed by atoms with E-state index in [1.807, 2.05) is 53.1 Å². The van der Waals surface area contributed by atoms with Crippen molar-refractivity contribution in [2.75, 3.05) is 10.8 Å². The van der Waals surface area contributed by atoms with Crippen molar-refractivity contribution in [3.63, 3.8) is 0 Å². The van der Waals surface area contributed by atoms with Crippen molar-refractivity contribution in [2.24, 2.45) is 0 Å². The van der Waals surface area contributed by atoms with Gasteiger partial charge in [-0.15, -0.1) is 0 Å². The summed E-state index contributed by atoms with van der Waals surface area (Å²) in [5.74, 6) is 0. The minimum absolute atomic E-state index is 0.0260. The minimum atomic E-state index is -4.56. The molecule has 5 rings (SSSR count). The van der Waals surface area contributed by atoms with Crippen LogP contribution in [0, 0.1) is 0 Å². The number of fused-ring (bicyclic) bond motifs is 3. The lowest BCUT2D eigenvalue weighted by Crippen LogP contribution is -2.39. The molecule has 0 aliphatic heterocycles. The smallest absolute Gasteiger partial charge is 0.389 e. The van der Waals surface area contributed by atoms with Gasteiger partial charge in [0.2, 0.25) is 0 Å². The Morgan fingerprint density at radius 2 is 1.27 bits per heavy atom. The fourth-order valence-electron chi connectivity index (χ4n) is 4.54. The largest absolute Gasteiger partial charge is 0.416 e. The van der Waals surface area contributed by atoms with Crippen LogP contribution in [0.4, 0.5) is 18.9 Å². The first-order chi connectivity index (χ1) is 17.7. The predicted octanol–water partition coefficient (Wildman–Crippen LogP) is 6.07. The summed E-state index contributed by atoms with van der Waals surface area (Å²) in [6.07, 6.45) is -5.72. The van der Waals surface area contributed by atoms with Crippen molar-refractivity contribution >= 4 is 37.5 Å². The second-order valence-corrected chi connectivity index (χ2v) is 10.6. The third-order valence-electron chi connectivity index (χ3n) is 6.26. The maximum absolute atomic E-state index is 13.6. The molecule has 0 fully saturated rings. The molecule has 1 heterocycles. The Balaban J connectivity index is 1.53. The molecule has 1 unspecified atom stereocenters. The van der Waals surface area contributed by atoms with E-state index in [4.69, 9.17) is 0 Å². The number of hydrogen-bond donors (Lipinski definition) is 1. The number of hydrogen-bond acceptors (Lipinski definition) is 3. The van der Waals surface area contributed by atoms with E-state index in [1.54, 1.807) is 18.2 Å². The molecule has 0 aliphatic carbocycles. The average molecular weight is 525 g/mol. The standard InChI is InChI=1S/C28H23F3N2O3S/c29-28(30,31)20-14-16-21(17-15-20)33(37(35,36)23-8-2-1-3-9-23)19-22(34)18-32-26-12-6-4-10-24(26)25-11-5-7-13-27(25)32/h1-17,22,34H,18-19H2. The maximum Gasteiger partial charge on any atom is 0.416 e. The quantitative estimate of drug-likeness (QED) is 0.281. The lowest BCUT2D eigenvalue weighted by atomic mass is 10.2. The van der Waals surface area contributed by atoms with Crippen LogP contribution in [-0.2, 0) is 22.7 Å². The molecule has 0 saturated heterocycles. The number of aliphatic hydroxyl groups is 1. The third kappa shape index (κ3) is 4.80. The Labute approximate surface area is 212 Å². The van der Waals surface area contributed by atoms with Crippen LogP contribution in [0.3, 0.4) is 0 Å². The predicted molar refractivity (Wildman–Crippen MR) is 138 cm³/mol. The maximum atomic E-state index is 13.6. The summed E-state index contributed by atoms with van der Waals surface area (Å²) in [5.41, 5.74) is 0.904. The molecule has 190 valence electrons. The highest BCUT2D eigenvalue weighted by molar-refractivity contribution is 7.92. The SMILES string of the molecule is O=S(=O)(c1ccccc1)N(CC(O)Cn1c2ccccc2c2ccccc21)c1ccc(C(F)(F)F)cc1. The second-order valence-electron chi connectivity index (χ2n) is 8.69. The van der Waals surface area contributed by atoms with Crippen LogP contribution in [0.2, 0.25) is 0 Å². The number of aromatic nitrogens is 1. The van der Waals surface area contributed by atoms with E-state index >= 15 is 0 Å². The molecule has 37 heavy (non-hydrogen) atoms. The van der Waals surface area contributed by atoms with E-state index in [0.717, 1.165) is 50.4 Å². The number of nitrogens with zero attached hydrogens (tertiary/aromatic N) is 2. The number of halogens is 3. The van der Waals surface area contributed by atoms with Crippen LogP contribution in [0.15, 0.2) is 108 Å². The summed E-state index contributed by atoms with van der Waals surface area (Å²) in [6.45, 7) is -0.279. The van der Waals surface area contributed by atoms with Crippen LogP contribution >= 0.6 is 0 Å². The van der Waals surface area contributed by atoms with Gasteiger partial charge in [0.15, 0.2) is 0 Å². The molecule has 1 N–H and O–H groups in total. The topological polar surface area (TPSA) is 62.5 Å². The fraction of sp³-hybridized carbons (Fsp3) is 0.143. The summed E-state index contributed by atoms with van der Waals surface area (Å²) in [7, 11) is -4.18. The minimum Gasteiger partial charge on any atom is -0.389 e. The number of para-hydroxylation sites is 2. The van der Waals surface area contributed by atoms with Gasteiger partial charge in [0, 0.05) is 21.8 Å². The number of benzene rings is 4. The summed E-state index contributed by atoms with van der Waals surface area (Å²) >= 11 is 0. The molecule has 5 nitrogen and oxygen atoms in total. The molecule has 0 amide bonds. The van der Waals surface area contributed by atoms with Crippen LogP contribution < -0.4 is 4.31 Å². The molecule has 1 atom stereocenters. The Hall–Kier alpha value is -3.82. The molecule has 1 aromatic heterocycles. The Morgan fingerprint density at radius 3 is 1.81 bits per heavy atom. The molecule has 0 saturated carbocycles. The molecule has 0 spiro atoms. The van der Waals surface area contributed by atoms with E-state index in [2.05, 4.69) is 0 Å². The van der Waals surface area contributed by atoms with Gasteiger partial charge in [-0.3, -0.25) is 4.31 Å². The van der Waals surface area contributed by atoms with Gasteiger partial charge in [-0.1, -0.05) is 54.6 Å². The van der Waals surface area contributed by atoms with Gasteiger partial charge in [0.1, 0.15) is 0 Å². The van der Waals surface area contributed by atoms with Gasteiger partial charge in [-0.25, -0.2) is 8.42 Å². The number of sulfonamides is 1. The zero-order chi connectivity index (χ0) is 26.2. The molecule has 4 aromatic carbocycles. The van der Waals surface area contributed by atoms with Gasteiger partial charge < -0.3 is 9.67 Å². The molecule has 9 heteroatoms. The van der Waals surface area contributed by atoms with E-state index in [-0.39, 0.29) is 23.7 Å². The van der Waals surface area contributed by atoms with Crippen LogP contribution in [0.5, 0.6) is 0 Å². The van der Waals surface area contributed by atoms with Crippen LogP contribution in [0.25, 0.3) is 21.8 Å². The van der Waals surface area contributed by atoms with E-state index in [9.17, 15) is 26.7 Å². The Kier molecular flexibility index (Phi) is 6.43. The van der Waals surface area contributed by atoms with Crippen molar-refractivity contribution < 1.29 is 26.7 Å². The van der Waals surface area contributed by atoms with E-state index in [0.29, 0.717) is 0 Å². The lowest BCUT2D eigenvalue weighted by Gasteiger charge is -2.27. The summed E-state index contributed by atoms with van der Waals surface area (Å²) in [6, 6.07) is 26.9. The van der Waals surface area contributed by atoms with E-state index < -0.39 is 27.9 Å². The van der Waals surface area contributed by atoms with Crippen molar-refractivity contribution in [1.82, 2.24) is 4.57 Å². The van der Waals surface area contributed by atoms with Crippen LogP contribution in [-0.4, -0.2) is 30.7 Å². The summed E-state index contributed by atoms with van der Waals surface area (Å²) in [4.78, 5) is -0.0287. The Bertz CT molecular complexity index is 1590. The molecule has 0 radical (unpaired) electrons. The van der Waals surface area contributed by atoms with Gasteiger partial charge in [0.25, 0.3) is 10.0 Å². The first-order valence-corrected chi connectivity index (χ1v) is 13.0. The highest BCUT2D eigenvalue weighted by atomic mass is 32.2. The van der Waals surface area contributed by atoms with Crippen molar-refractivity contribution in [2.45, 2.75) is 23.7 Å². The first kappa shape index (κ1) is 24.9. The Morgan fingerprint density at radius 1 is 0.757 bits per heavy atom. The number of alkyl halides is 3. The van der Waals surface area contributed by atoms with Crippen molar-refractivity contribution in [1.29, 1.82) is 0 Å². The third-order valence-corrected chi connectivity index (χ3v) is 8.07. The molecule has 0 aliphatic rings. The van der Waals surface area contributed by atoms with Crippen molar-refractivity contribution in [3.8, 4) is 0 Å². The van der Waals surface area contributed by atoms with Gasteiger partial charge in [-0.05, 0) is 48.5 Å². The zero-order valence-corrected chi connectivity index (χ0v) is 20.3. The summed E-state index contributed by atoms with van der Waals surface area (Å²) < 4.78 is 69.4. The van der Waals surface area contributed by atoms with Gasteiger partial charge in [-0.2, -0.15) is 13.2 Å². The van der Waals surface area contributed by atoms with Crippen molar-refractivity contribution in [3.05, 3.63) is 109 Å². The van der Waals surface area contributed by atoms with E-state index in [1.165, 1.54) is 12.1 Å². The summed E-state index contributed by atoms with van der Waals surface area (Å²) in [5, 5.41) is 13.2. The zero-order valence-electron chi connectivity index (χ0n) is 19.5. The lowest BCUT2D eigenvalue weighted by molar-refractivity contribution is -0.137. The number of aliphatic hydroxyl groups excluding tert-OH is 1.